The molecule has 0 aromatic carbocycles. The number of hydrogen-bond donors (Lipinski definition) is 0. The summed E-state index contributed by atoms with van der Waals surface area (Å²) in [7, 11) is 4.84. The minimum absolute atomic E-state index is 0.152. The van der Waals surface area contributed by atoms with Gasteiger partial charge in [-0.2, -0.15) is 0 Å². The second kappa shape index (κ2) is 10.3. The highest BCUT2D eigenvalue weighted by molar-refractivity contribution is 9.27. The van der Waals surface area contributed by atoms with Gasteiger partial charge in [0.1, 0.15) is 4.93 Å². The third kappa shape index (κ3) is 5.95. The molecule has 8 heteroatoms. The summed E-state index contributed by atoms with van der Waals surface area (Å²) in [6.07, 6.45) is 3.21. The van der Waals surface area contributed by atoms with E-state index in [2.05, 4.69) is 13.8 Å². The third-order valence-corrected chi connectivity index (χ3v) is 13.3. The Kier molecular flexibility index (Phi) is 10.1. The quantitative estimate of drug-likeness (QED) is 0.362. The van der Waals surface area contributed by atoms with Gasteiger partial charge in [-0.05, 0) is 50.7 Å². The van der Waals surface area contributed by atoms with Crippen molar-refractivity contribution >= 4 is 50.0 Å². The van der Waals surface area contributed by atoms with Gasteiger partial charge >= 0.3 is 8.80 Å². The van der Waals surface area contributed by atoms with E-state index >= 15 is 0 Å². The lowest BCUT2D eigenvalue weighted by atomic mass is 10.2. The molecule has 0 aromatic heterocycles. The summed E-state index contributed by atoms with van der Waals surface area (Å²) in [5, 5.41) is 0. The van der Waals surface area contributed by atoms with Gasteiger partial charge in [0.05, 0.1) is 0 Å². The monoisotopic (exact) mass is 374 g/mol. The van der Waals surface area contributed by atoms with Crippen molar-refractivity contribution in [2.24, 2.45) is 0 Å². The smallest absolute Gasteiger partial charge is 0.374 e. The van der Waals surface area contributed by atoms with Crippen LogP contribution in [0.3, 0.4) is 0 Å². The van der Waals surface area contributed by atoms with Crippen molar-refractivity contribution in [2.75, 3.05) is 19.0 Å². The van der Waals surface area contributed by atoms with Crippen LogP contribution < -0.4 is 0 Å². The maximum atomic E-state index is 6.63. The van der Waals surface area contributed by atoms with Crippen LogP contribution in [-0.4, -0.2) is 32.7 Å². The predicted molar refractivity (Wildman–Crippen MR) is 98.1 cm³/mol. The van der Waals surface area contributed by atoms with E-state index in [4.69, 9.17) is 13.3 Å². The Morgan fingerprint density at radius 1 is 1.00 bits per heavy atom. The lowest BCUT2D eigenvalue weighted by molar-refractivity contribution is 0.0233. The molecule has 0 spiro atoms. The van der Waals surface area contributed by atoms with E-state index in [9.17, 15) is 0 Å². The van der Waals surface area contributed by atoms with Crippen molar-refractivity contribution in [3.05, 3.63) is 0 Å². The molecule has 0 saturated carbocycles. The topological polar surface area (TPSA) is 27.7 Å². The van der Waals surface area contributed by atoms with Crippen LogP contribution in [0.15, 0.2) is 0 Å². The fraction of sp³-hybridized carbons (Fsp3) is 1.00. The molecule has 1 rings (SSSR count). The Morgan fingerprint density at radius 2 is 1.70 bits per heavy atom. The zero-order valence-corrected chi connectivity index (χ0v) is 17.1. The van der Waals surface area contributed by atoms with Gasteiger partial charge in [0.2, 0.25) is 0 Å². The van der Waals surface area contributed by atoms with E-state index in [1.165, 1.54) is 0 Å². The first kappa shape index (κ1) is 19.5. The Labute approximate surface area is 140 Å². The second-order valence-electron chi connectivity index (χ2n) is 4.54. The number of rotatable bonds is 10. The van der Waals surface area contributed by atoms with Gasteiger partial charge in [0, 0.05) is 25.0 Å². The Hall–Kier alpha value is 1.50. The molecular weight excluding hydrogens is 348 g/mol. The zero-order chi connectivity index (χ0) is 14.9. The summed E-state index contributed by atoms with van der Waals surface area (Å²) < 4.78 is 18.7. The number of hydrogen-bond acceptors (Lipinski definition) is 7. The molecule has 1 fully saturated rings. The van der Waals surface area contributed by atoms with Gasteiger partial charge in [0.25, 0.3) is 0 Å². The Morgan fingerprint density at radius 3 is 2.15 bits per heavy atom. The molecule has 0 N–H and O–H groups in total. The Bertz CT molecular complexity index is 243. The molecule has 1 atom stereocenters. The molecule has 1 aliphatic rings. The van der Waals surface area contributed by atoms with E-state index in [-0.39, 0.29) is 4.93 Å². The van der Waals surface area contributed by atoms with Gasteiger partial charge in [-0.3, -0.25) is 0 Å². The minimum Gasteiger partial charge on any atom is -0.374 e. The minimum atomic E-state index is -2.55. The maximum Gasteiger partial charge on any atom is 0.502 e. The van der Waals surface area contributed by atoms with Crippen molar-refractivity contribution < 1.29 is 13.3 Å². The second-order valence-corrected chi connectivity index (χ2v) is 13.4. The highest BCUT2D eigenvalue weighted by atomic mass is 33.7. The summed E-state index contributed by atoms with van der Waals surface area (Å²) in [6, 6.07) is 0.906. The van der Waals surface area contributed by atoms with Gasteiger partial charge < -0.3 is 13.3 Å². The predicted octanol–water partition coefficient (Wildman–Crippen LogP) is 5.61. The van der Waals surface area contributed by atoms with Gasteiger partial charge in [-0.25, -0.2) is 0 Å². The first-order valence-electron chi connectivity index (χ1n) is 7.28. The van der Waals surface area contributed by atoms with Crippen LogP contribution in [-0.2, 0) is 13.3 Å². The zero-order valence-electron chi connectivity index (χ0n) is 12.8. The van der Waals surface area contributed by atoms with Crippen molar-refractivity contribution in [3.63, 3.8) is 0 Å². The van der Waals surface area contributed by atoms with Gasteiger partial charge in [-0.1, -0.05) is 37.5 Å². The lowest BCUT2D eigenvalue weighted by Crippen LogP contribution is -2.53. The van der Waals surface area contributed by atoms with Crippen LogP contribution in [0.25, 0.3) is 0 Å². The largest absolute Gasteiger partial charge is 0.502 e. The molecule has 1 unspecified atom stereocenters. The summed E-state index contributed by atoms with van der Waals surface area (Å²) in [4.78, 5) is -0.152. The van der Waals surface area contributed by atoms with Crippen molar-refractivity contribution in [1.29, 1.82) is 0 Å². The van der Waals surface area contributed by atoms with Crippen LogP contribution in [0.2, 0.25) is 6.04 Å². The van der Waals surface area contributed by atoms with Crippen LogP contribution in [0.1, 0.15) is 47.0 Å². The van der Waals surface area contributed by atoms with E-state index in [1.807, 2.05) is 55.1 Å². The first-order chi connectivity index (χ1) is 9.66. The van der Waals surface area contributed by atoms with E-state index in [0.29, 0.717) is 13.2 Å². The van der Waals surface area contributed by atoms with Crippen LogP contribution in [0, 0.1) is 0 Å². The average Bonchev–Trinajstić information content (AvgIpc) is 2.40. The molecule has 0 aliphatic carbocycles. The summed E-state index contributed by atoms with van der Waals surface area (Å²) in [5.41, 5.74) is 0. The highest BCUT2D eigenvalue weighted by Gasteiger charge is 2.49. The lowest BCUT2D eigenvalue weighted by Gasteiger charge is -2.41. The highest BCUT2D eigenvalue weighted by Crippen LogP contribution is 2.58. The molecule has 0 amide bonds. The summed E-state index contributed by atoms with van der Waals surface area (Å²) in [5.74, 6) is 1.00. The molecule has 120 valence electrons. The first-order valence-corrected chi connectivity index (χ1v) is 14.2. The Balaban J connectivity index is 2.86. The molecule has 0 aromatic rings. The van der Waals surface area contributed by atoms with Crippen LogP contribution >= 0.6 is 41.2 Å². The normalized spacial score (nSPS) is 24.0. The fourth-order valence-corrected chi connectivity index (χ4v) is 13.3. The van der Waals surface area contributed by atoms with Crippen molar-refractivity contribution in [2.45, 2.75) is 57.9 Å². The van der Waals surface area contributed by atoms with Crippen molar-refractivity contribution in [1.82, 2.24) is 0 Å². The van der Waals surface area contributed by atoms with E-state index in [0.717, 1.165) is 31.1 Å². The molecule has 20 heavy (non-hydrogen) atoms. The molecule has 3 nitrogen and oxygen atoms in total. The van der Waals surface area contributed by atoms with Crippen LogP contribution in [0.5, 0.6) is 0 Å². The molecule has 0 bridgehead atoms. The molecule has 1 saturated heterocycles. The average molecular weight is 375 g/mol. The molecular formula is C12H26O3S4Si. The van der Waals surface area contributed by atoms with Crippen LogP contribution in [0.4, 0.5) is 0 Å². The maximum absolute atomic E-state index is 6.63. The van der Waals surface area contributed by atoms with Crippen molar-refractivity contribution in [3.8, 4) is 0 Å². The SMILES string of the molecule is CCCC1(O[Si](CCC)(OCC)OCC)CSSSS1. The van der Waals surface area contributed by atoms with Gasteiger partial charge in [0.15, 0.2) is 0 Å². The molecule has 1 aliphatic heterocycles. The van der Waals surface area contributed by atoms with E-state index in [1.54, 1.807) is 0 Å². The van der Waals surface area contributed by atoms with E-state index < -0.39 is 8.80 Å². The standard InChI is InChI=1S/C12H26O3S4Si/c1-5-9-12(11-16-18-19-17-12)15-20(10-6-2,13-7-3)14-8-4/h5-11H2,1-4H3. The fourth-order valence-electron chi connectivity index (χ4n) is 2.15. The third-order valence-electron chi connectivity index (χ3n) is 2.80. The summed E-state index contributed by atoms with van der Waals surface area (Å²) >= 11 is 0. The molecule has 1 heterocycles. The molecule has 0 radical (unpaired) electrons. The summed E-state index contributed by atoms with van der Waals surface area (Å²) in [6.45, 7) is 9.76. The van der Waals surface area contributed by atoms with Gasteiger partial charge in [-0.15, -0.1) is 0 Å².